The predicted octanol–water partition coefficient (Wildman–Crippen LogP) is 2.43. The number of amides is 2. The molecule has 1 aliphatic heterocycles. The normalized spacial score (nSPS) is 21.8. The van der Waals surface area contributed by atoms with Crippen molar-refractivity contribution < 1.29 is 9.53 Å². The molecule has 26 heavy (non-hydrogen) atoms. The van der Waals surface area contributed by atoms with Crippen LogP contribution in [0.1, 0.15) is 57.3 Å². The second kappa shape index (κ2) is 8.20. The molecule has 144 valence electrons. The van der Waals surface area contributed by atoms with Gasteiger partial charge in [0.05, 0.1) is 24.9 Å². The summed E-state index contributed by atoms with van der Waals surface area (Å²) < 4.78 is 5.42. The van der Waals surface area contributed by atoms with E-state index in [1.165, 1.54) is 0 Å². The van der Waals surface area contributed by atoms with E-state index < -0.39 is 0 Å². The van der Waals surface area contributed by atoms with Crippen LogP contribution in [-0.4, -0.2) is 48.8 Å². The van der Waals surface area contributed by atoms with Gasteiger partial charge in [-0.2, -0.15) is 0 Å². The highest BCUT2D eigenvalue weighted by Gasteiger charge is 2.35. The quantitative estimate of drug-likeness (QED) is 0.788. The van der Waals surface area contributed by atoms with Gasteiger partial charge in [0, 0.05) is 31.4 Å². The summed E-state index contributed by atoms with van der Waals surface area (Å²) >= 11 is 0. The van der Waals surface area contributed by atoms with E-state index in [0.29, 0.717) is 19.8 Å². The standard InChI is InChI=1S/C19H31N5O2/c1-4-5-6-20-18(25)23-16-12-19(2,3)11-15-14(16)13-21-17(22-15)24-7-9-26-10-8-24/h13,16H,4-12H2,1-3H3,(H2,20,23,25)/t16-/m0/s1. The third kappa shape index (κ3) is 4.63. The van der Waals surface area contributed by atoms with Crippen LogP contribution in [0.2, 0.25) is 0 Å². The molecule has 2 N–H and O–H groups in total. The maximum atomic E-state index is 12.2. The first kappa shape index (κ1) is 18.9. The number of ether oxygens (including phenoxy) is 1. The van der Waals surface area contributed by atoms with E-state index in [-0.39, 0.29) is 17.5 Å². The Bertz CT molecular complexity index is 628. The number of hydrogen-bond donors (Lipinski definition) is 2. The molecule has 0 bridgehead atoms. The van der Waals surface area contributed by atoms with E-state index in [2.05, 4.69) is 41.3 Å². The van der Waals surface area contributed by atoms with E-state index in [0.717, 1.165) is 56.0 Å². The summed E-state index contributed by atoms with van der Waals surface area (Å²) in [5.74, 6) is 0.774. The summed E-state index contributed by atoms with van der Waals surface area (Å²) in [6, 6.07) is -0.154. The molecule has 2 heterocycles. The second-order valence-electron chi connectivity index (χ2n) is 8.02. The number of rotatable bonds is 5. The topological polar surface area (TPSA) is 79.4 Å². The molecule has 2 amide bonds. The van der Waals surface area contributed by atoms with Gasteiger partial charge in [-0.15, -0.1) is 0 Å². The first-order valence-electron chi connectivity index (χ1n) is 9.71. The van der Waals surface area contributed by atoms with Gasteiger partial charge in [0.15, 0.2) is 0 Å². The zero-order chi connectivity index (χ0) is 18.6. The van der Waals surface area contributed by atoms with Gasteiger partial charge in [-0.3, -0.25) is 0 Å². The Morgan fingerprint density at radius 1 is 1.38 bits per heavy atom. The predicted molar refractivity (Wildman–Crippen MR) is 101 cm³/mol. The number of hydrogen-bond acceptors (Lipinski definition) is 5. The molecule has 1 aromatic rings. The lowest BCUT2D eigenvalue weighted by Gasteiger charge is -2.37. The van der Waals surface area contributed by atoms with E-state index in [1.807, 2.05) is 6.20 Å². The van der Waals surface area contributed by atoms with Crippen molar-refractivity contribution in [1.82, 2.24) is 20.6 Å². The van der Waals surface area contributed by atoms with Crippen LogP contribution in [-0.2, 0) is 11.2 Å². The van der Waals surface area contributed by atoms with Crippen LogP contribution < -0.4 is 15.5 Å². The number of fused-ring (bicyclic) bond motifs is 1. The molecule has 1 saturated heterocycles. The zero-order valence-corrected chi connectivity index (χ0v) is 16.2. The van der Waals surface area contributed by atoms with Gasteiger partial charge in [0.25, 0.3) is 0 Å². The molecule has 1 aliphatic carbocycles. The summed E-state index contributed by atoms with van der Waals surface area (Å²) in [6.45, 7) is 10.4. The second-order valence-corrected chi connectivity index (χ2v) is 8.02. The van der Waals surface area contributed by atoms with Crippen LogP contribution in [0.3, 0.4) is 0 Å². The Balaban J connectivity index is 1.75. The summed E-state index contributed by atoms with van der Waals surface area (Å²) in [7, 11) is 0. The van der Waals surface area contributed by atoms with Gasteiger partial charge in [-0.25, -0.2) is 14.8 Å². The van der Waals surface area contributed by atoms with Gasteiger partial charge in [-0.05, 0) is 24.7 Å². The van der Waals surface area contributed by atoms with Crippen LogP contribution in [0.15, 0.2) is 6.20 Å². The van der Waals surface area contributed by atoms with E-state index in [4.69, 9.17) is 9.72 Å². The van der Waals surface area contributed by atoms with Crippen LogP contribution in [0, 0.1) is 5.41 Å². The fourth-order valence-corrected chi connectivity index (χ4v) is 3.67. The molecule has 3 rings (SSSR count). The number of carbonyl (C=O) groups is 1. The van der Waals surface area contributed by atoms with E-state index in [9.17, 15) is 4.79 Å². The molecular formula is C19H31N5O2. The summed E-state index contributed by atoms with van der Waals surface area (Å²) in [5, 5.41) is 6.06. The maximum absolute atomic E-state index is 12.2. The molecule has 0 unspecified atom stereocenters. The Labute approximate surface area is 155 Å². The third-order valence-electron chi connectivity index (χ3n) is 5.08. The summed E-state index contributed by atoms with van der Waals surface area (Å²) in [5.41, 5.74) is 2.19. The number of morpholine rings is 1. The molecule has 0 radical (unpaired) electrons. The van der Waals surface area contributed by atoms with Crippen molar-refractivity contribution in [2.45, 2.75) is 52.5 Å². The van der Waals surface area contributed by atoms with Gasteiger partial charge in [0.1, 0.15) is 0 Å². The summed E-state index contributed by atoms with van der Waals surface area (Å²) in [4.78, 5) is 23.8. The number of anilines is 1. The van der Waals surface area contributed by atoms with Gasteiger partial charge in [0.2, 0.25) is 5.95 Å². The number of aromatic nitrogens is 2. The fourth-order valence-electron chi connectivity index (χ4n) is 3.67. The largest absolute Gasteiger partial charge is 0.378 e. The van der Waals surface area contributed by atoms with Gasteiger partial charge in [-0.1, -0.05) is 27.2 Å². The Morgan fingerprint density at radius 2 is 2.15 bits per heavy atom. The Hall–Kier alpha value is -1.89. The van der Waals surface area contributed by atoms with Crippen LogP contribution in [0.4, 0.5) is 10.7 Å². The highest BCUT2D eigenvalue weighted by molar-refractivity contribution is 5.74. The molecule has 2 aliphatic rings. The average Bonchev–Trinajstić information content (AvgIpc) is 2.61. The van der Waals surface area contributed by atoms with Crippen molar-refractivity contribution >= 4 is 12.0 Å². The minimum atomic E-state index is -0.107. The number of unbranched alkanes of at least 4 members (excludes halogenated alkanes) is 1. The molecule has 0 spiro atoms. The average molecular weight is 361 g/mol. The first-order valence-corrected chi connectivity index (χ1v) is 9.71. The molecule has 1 aromatic heterocycles. The zero-order valence-electron chi connectivity index (χ0n) is 16.2. The smallest absolute Gasteiger partial charge is 0.315 e. The number of urea groups is 1. The third-order valence-corrected chi connectivity index (χ3v) is 5.08. The molecule has 0 saturated carbocycles. The van der Waals surface area contributed by atoms with Crippen molar-refractivity contribution in [3.8, 4) is 0 Å². The van der Waals surface area contributed by atoms with Crippen molar-refractivity contribution in [2.24, 2.45) is 5.41 Å². The molecule has 7 nitrogen and oxygen atoms in total. The molecule has 1 atom stereocenters. The van der Waals surface area contributed by atoms with Crippen molar-refractivity contribution in [3.63, 3.8) is 0 Å². The Morgan fingerprint density at radius 3 is 2.88 bits per heavy atom. The minimum Gasteiger partial charge on any atom is -0.378 e. The lowest BCUT2D eigenvalue weighted by molar-refractivity contribution is 0.122. The molecule has 7 heteroatoms. The van der Waals surface area contributed by atoms with E-state index >= 15 is 0 Å². The van der Waals surface area contributed by atoms with E-state index in [1.54, 1.807) is 0 Å². The van der Waals surface area contributed by atoms with Crippen molar-refractivity contribution in [1.29, 1.82) is 0 Å². The molecule has 0 aromatic carbocycles. The van der Waals surface area contributed by atoms with Crippen LogP contribution in [0.5, 0.6) is 0 Å². The SMILES string of the molecule is CCCCNC(=O)N[C@H]1CC(C)(C)Cc2nc(N3CCOCC3)ncc21. The molecule has 1 fully saturated rings. The van der Waals surface area contributed by atoms with Gasteiger partial charge < -0.3 is 20.3 Å². The highest BCUT2D eigenvalue weighted by atomic mass is 16.5. The maximum Gasteiger partial charge on any atom is 0.315 e. The number of nitrogens with one attached hydrogen (secondary N) is 2. The highest BCUT2D eigenvalue weighted by Crippen LogP contribution is 2.40. The van der Waals surface area contributed by atoms with Crippen LogP contribution >= 0.6 is 0 Å². The van der Waals surface area contributed by atoms with Gasteiger partial charge >= 0.3 is 6.03 Å². The lowest BCUT2D eigenvalue weighted by Crippen LogP contribution is -2.43. The summed E-state index contributed by atoms with van der Waals surface area (Å²) in [6.07, 6.45) is 5.75. The number of carbonyl (C=O) groups excluding carboxylic acids is 1. The van der Waals surface area contributed by atoms with Crippen LogP contribution in [0.25, 0.3) is 0 Å². The van der Waals surface area contributed by atoms with Crippen molar-refractivity contribution in [2.75, 3.05) is 37.7 Å². The number of nitrogens with zero attached hydrogens (tertiary/aromatic N) is 3. The lowest BCUT2D eigenvalue weighted by atomic mass is 9.74. The first-order chi connectivity index (χ1) is 12.5. The fraction of sp³-hybridized carbons (Fsp3) is 0.737. The monoisotopic (exact) mass is 361 g/mol. The minimum absolute atomic E-state index is 0.0471. The Kier molecular flexibility index (Phi) is 5.96. The molecular weight excluding hydrogens is 330 g/mol. The van der Waals surface area contributed by atoms with Crippen molar-refractivity contribution in [3.05, 3.63) is 17.5 Å².